The molecule has 0 aromatic carbocycles. The van der Waals surface area contributed by atoms with Gasteiger partial charge in [0.25, 0.3) is 0 Å². The number of rotatable bonds is 5. The van der Waals surface area contributed by atoms with Crippen molar-refractivity contribution in [2.75, 3.05) is 32.4 Å². The molecule has 8 heteroatoms. The Morgan fingerprint density at radius 3 is 2.68 bits per heavy atom. The van der Waals surface area contributed by atoms with E-state index in [1.54, 1.807) is 23.1 Å². The minimum absolute atomic E-state index is 0.188. The molecule has 0 atom stereocenters. The van der Waals surface area contributed by atoms with E-state index in [-0.39, 0.29) is 5.92 Å². The third kappa shape index (κ3) is 4.38. The van der Waals surface area contributed by atoms with Gasteiger partial charge in [-0.2, -0.15) is 11.3 Å². The summed E-state index contributed by atoms with van der Waals surface area (Å²) in [4.78, 5) is 27.1. The molecule has 0 saturated carbocycles. The largest absolute Gasteiger partial charge is 0.342 e. The van der Waals surface area contributed by atoms with Crippen LogP contribution in [0.25, 0.3) is 11.2 Å². The number of carbonyl (C=O) groups excluding carboxylic acids is 1. The first-order chi connectivity index (χ1) is 15.2. The van der Waals surface area contributed by atoms with Crippen LogP contribution in [0.2, 0.25) is 0 Å². The van der Waals surface area contributed by atoms with Crippen LogP contribution in [0.3, 0.4) is 0 Å². The molecule has 3 aromatic rings. The lowest BCUT2D eigenvalue weighted by atomic mass is 9.93. The van der Waals surface area contributed by atoms with Gasteiger partial charge < -0.3 is 9.47 Å². The number of fused-ring (bicyclic) bond motifs is 1. The van der Waals surface area contributed by atoms with Crippen LogP contribution in [0, 0.1) is 5.92 Å². The van der Waals surface area contributed by atoms with Gasteiger partial charge in [0.1, 0.15) is 5.52 Å². The highest BCUT2D eigenvalue weighted by molar-refractivity contribution is 7.98. The van der Waals surface area contributed by atoms with E-state index < -0.39 is 0 Å². The summed E-state index contributed by atoms with van der Waals surface area (Å²) in [7, 11) is 0. The molecular formula is C23H29N5OS2. The third-order valence-electron chi connectivity index (χ3n) is 6.66. The first-order valence-corrected chi connectivity index (χ1v) is 13.3. The minimum atomic E-state index is 0.188. The number of nitrogens with zero attached hydrogens (tertiary/aromatic N) is 5. The Kier molecular flexibility index (Phi) is 6.29. The molecule has 0 aliphatic carbocycles. The van der Waals surface area contributed by atoms with Gasteiger partial charge in [-0.25, -0.2) is 9.97 Å². The van der Waals surface area contributed by atoms with Crippen LogP contribution in [-0.4, -0.2) is 62.7 Å². The third-order valence-corrected chi connectivity index (χ3v) is 8.05. The Morgan fingerprint density at radius 2 is 1.97 bits per heavy atom. The minimum Gasteiger partial charge on any atom is -0.342 e. The summed E-state index contributed by atoms with van der Waals surface area (Å²) < 4.78 is 2.30. The molecular weight excluding hydrogens is 426 g/mol. The molecule has 2 saturated heterocycles. The maximum Gasteiger partial charge on any atom is 0.225 e. The van der Waals surface area contributed by atoms with E-state index in [4.69, 9.17) is 4.98 Å². The molecule has 6 nitrogen and oxygen atoms in total. The van der Waals surface area contributed by atoms with Crippen LogP contribution in [-0.2, 0) is 11.3 Å². The van der Waals surface area contributed by atoms with E-state index in [0.717, 1.165) is 74.7 Å². The SMILES string of the molecule is CSc1nc2cccnc2n1C1CCN(C(=O)C2CCN(Cc3ccsc3)CC2)CC1. The number of aromatic nitrogens is 3. The molecule has 5 heterocycles. The fourth-order valence-electron chi connectivity index (χ4n) is 4.96. The van der Waals surface area contributed by atoms with Crippen molar-refractivity contribution in [1.82, 2.24) is 24.3 Å². The van der Waals surface area contributed by atoms with Crippen molar-refractivity contribution in [2.45, 2.75) is 43.4 Å². The van der Waals surface area contributed by atoms with Crippen molar-refractivity contribution in [3.05, 3.63) is 40.7 Å². The molecule has 0 N–H and O–H groups in total. The topological polar surface area (TPSA) is 54.3 Å². The van der Waals surface area contributed by atoms with E-state index >= 15 is 0 Å². The molecule has 0 spiro atoms. The van der Waals surface area contributed by atoms with Crippen molar-refractivity contribution in [3.63, 3.8) is 0 Å². The van der Waals surface area contributed by atoms with Gasteiger partial charge in [-0.1, -0.05) is 11.8 Å². The van der Waals surface area contributed by atoms with Crippen LogP contribution in [0.5, 0.6) is 0 Å². The molecule has 164 valence electrons. The number of carbonyl (C=O) groups is 1. The van der Waals surface area contributed by atoms with Gasteiger partial charge in [0, 0.05) is 37.8 Å². The molecule has 0 radical (unpaired) electrons. The second kappa shape index (κ2) is 9.30. The van der Waals surface area contributed by atoms with Crippen molar-refractivity contribution in [1.29, 1.82) is 0 Å². The summed E-state index contributed by atoms with van der Waals surface area (Å²) >= 11 is 3.43. The van der Waals surface area contributed by atoms with Gasteiger partial charge >= 0.3 is 0 Å². The van der Waals surface area contributed by atoms with Gasteiger partial charge in [0.05, 0.1) is 0 Å². The fourth-order valence-corrected chi connectivity index (χ4v) is 6.25. The Labute approximate surface area is 191 Å². The van der Waals surface area contributed by atoms with Gasteiger partial charge in [0.15, 0.2) is 10.8 Å². The van der Waals surface area contributed by atoms with E-state index in [1.807, 2.05) is 18.3 Å². The average Bonchev–Trinajstić information content (AvgIpc) is 3.46. The highest BCUT2D eigenvalue weighted by atomic mass is 32.2. The quantitative estimate of drug-likeness (QED) is 0.537. The predicted octanol–water partition coefficient (Wildman–Crippen LogP) is 4.29. The Hall–Kier alpha value is -1.90. The second-order valence-corrected chi connectivity index (χ2v) is 10.1. The summed E-state index contributed by atoms with van der Waals surface area (Å²) in [6, 6.07) is 6.53. The lowest BCUT2D eigenvalue weighted by molar-refractivity contribution is -0.138. The van der Waals surface area contributed by atoms with E-state index in [0.29, 0.717) is 11.9 Å². The number of pyridine rings is 1. The average molecular weight is 456 g/mol. The zero-order valence-corrected chi connectivity index (χ0v) is 19.6. The number of amides is 1. The molecule has 31 heavy (non-hydrogen) atoms. The predicted molar refractivity (Wildman–Crippen MR) is 126 cm³/mol. The fraction of sp³-hybridized carbons (Fsp3) is 0.522. The highest BCUT2D eigenvalue weighted by Gasteiger charge is 2.32. The van der Waals surface area contributed by atoms with Crippen molar-refractivity contribution < 1.29 is 4.79 Å². The Morgan fingerprint density at radius 1 is 1.16 bits per heavy atom. The number of hydrogen-bond donors (Lipinski definition) is 0. The monoisotopic (exact) mass is 455 g/mol. The number of thioether (sulfide) groups is 1. The normalized spacial score (nSPS) is 19.3. The number of thiophene rings is 1. The number of hydrogen-bond acceptors (Lipinski definition) is 6. The van der Waals surface area contributed by atoms with Gasteiger partial charge in [0.2, 0.25) is 5.91 Å². The maximum atomic E-state index is 13.2. The first-order valence-electron chi connectivity index (χ1n) is 11.1. The molecule has 0 unspecified atom stereocenters. The molecule has 5 rings (SSSR count). The van der Waals surface area contributed by atoms with Gasteiger partial charge in [-0.05, 0) is 79.6 Å². The summed E-state index contributed by atoms with van der Waals surface area (Å²) in [5, 5.41) is 5.39. The summed E-state index contributed by atoms with van der Waals surface area (Å²) in [5.41, 5.74) is 3.32. The zero-order chi connectivity index (χ0) is 21.2. The molecule has 2 fully saturated rings. The Balaban J connectivity index is 1.17. The van der Waals surface area contributed by atoms with Crippen molar-refractivity contribution >= 4 is 40.2 Å². The molecule has 2 aliphatic rings. The number of imidazole rings is 1. The maximum absolute atomic E-state index is 13.2. The van der Waals surface area contributed by atoms with E-state index in [1.165, 1.54) is 5.56 Å². The van der Waals surface area contributed by atoms with Crippen LogP contribution in [0.15, 0.2) is 40.3 Å². The van der Waals surface area contributed by atoms with E-state index in [9.17, 15) is 4.79 Å². The summed E-state index contributed by atoms with van der Waals surface area (Å²) in [6.45, 7) is 4.72. The van der Waals surface area contributed by atoms with Crippen LogP contribution in [0.4, 0.5) is 0 Å². The van der Waals surface area contributed by atoms with Crippen molar-refractivity contribution in [3.8, 4) is 0 Å². The lowest BCUT2D eigenvalue weighted by Crippen LogP contribution is -2.45. The molecule has 1 amide bonds. The highest BCUT2D eigenvalue weighted by Crippen LogP contribution is 2.32. The first kappa shape index (κ1) is 21.0. The molecule has 2 aliphatic heterocycles. The molecule has 3 aromatic heterocycles. The van der Waals surface area contributed by atoms with Crippen LogP contribution < -0.4 is 0 Å². The van der Waals surface area contributed by atoms with Gasteiger partial charge in [-0.15, -0.1) is 0 Å². The smallest absolute Gasteiger partial charge is 0.225 e. The lowest BCUT2D eigenvalue weighted by Gasteiger charge is -2.37. The second-order valence-electron chi connectivity index (χ2n) is 8.55. The van der Waals surface area contributed by atoms with Crippen LogP contribution >= 0.6 is 23.1 Å². The summed E-state index contributed by atoms with van der Waals surface area (Å²) in [6.07, 6.45) is 7.82. The standard InChI is InChI=1S/C23H29N5OS2/c1-30-23-25-20-3-2-9-24-21(20)28(23)19-6-12-27(13-7-19)22(29)18-4-10-26(11-5-18)15-17-8-14-31-16-17/h2-3,8-9,14,16,18-19H,4-7,10-13,15H2,1H3. The zero-order valence-electron chi connectivity index (χ0n) is 17.9. The Bertz CT molecular complexity index is 1020. The van der Waals surface area contributed by atoms with Crippen molar-refractivity contribution in [2.24, 2.45) is 5.92 Å². The van der Waals surface area contributed by atoms with Gasteiger partial charge in [-0.3, -0.25) is 9.69 Å². The number of piperidine rings is 2. The summed E-state index contributed by atoms with van der Waals surface area (Å²) in [5.74, 6) is 0.556. The van der Waals surface area contributed by atoms with Crippen LogP contribution in [0.1, 0.15) is 37.3 Å². The van der Waals surface area contributed by atoms with E-state index in [2.05, 4.69) is 42.4 Å². The number of likely N-dealkylation sites (tertiary alicyclic amines) is 2. The molecule has 0 bridgehead atoms.